The molecule has 0 radical (unpaired) electrons. The van der Waals surface area contributed by atoms with Crippen molar-refractivity contribution < 1.29 is 8.78 Å². The molecule has 4 aromatic rings. The van der Waals surface area contributed by atoms with Crippen LogP contribution in [-0.2, 0) is 12.2 Å². The van der Waals surface area contributed by atoms with Gasteiger partial charge >= 0.3 is 6.55 Å². The molecule has 0 aliphatic carbocycles. The van der Waals surface area contributed by atoms with Crippen molar-refractivity contribution in [1.29, 1.82) is 0 Å². The molecule has 0 fully saturated rings. The van der Waals surface area contributed by atoms with Crippen LogP contribution >= 0.6 is 11.8 Å². The Bertz CT molecular complexity index is 1230. The van der Waals surface area contributed by atoms with Crippen LogP contribution in [0, 0.1) is 0 Å². The van der Waals surface area contributed by atoms with Crippen molar-refractivity contribution in [3.8, 4) is 5.69 Å². The lowest BCUT2D eigenvalue weighted by atomic mass is 10.1. The van der Waals surface area contributed by atoms with Crippen molar-refractivity contribution in [3.63, 3.8) is 0 Å². The molecule has 5 nitrogen and oxygen atoms in total. The largest absolute Gasteiger partial charge is 0.319 e. The Morgan fingerprint density at radius 1 is 1.10 bits per heavy atom. The van der Waals surface area contributed by atoms with E-state index in [-0.39, 0.29) is 17.1 Å². The van der Waals surface area contributed by atoms with Gasteiger partial charge in [0.1, 0.15) is 5.82 Å². The quantitative estimate of drug-likeness (QED) is 0.264. The molecule has 31 heavy (non-hydrogen) atoms. The standard InChI is InChI=1S/C23H22F2N4OS/c1-2-3-6-16-9-11-17(12-10-16)29-21(30)18-7-4-5-8-19(18)27-23(29)31-15-20-26-13-14-28(20)22(24)25/h4-5,7-14,22H,2-3,6,15H2,1H3. The van der Waals surface area contributed by atoms with Gasteiger partial charge in [-0.15, -0.1) is 0 Å². The number of alkyl halides is 2. The van der Waals surface area contributed by atoms with Crippen LogP contribution in [0.4, 0.5) is 8.78 Å². The molecular formula is C23H22F2N4OS. The van der Waals surface area contributed by atoms with Crippen molar-refractivity contribution >= 4 is 22.7 Å². The third-order valence-corrected chi connectivity index (χ3v) is 5.98. The van der Waals surface area contributed by atoms with Crippen LogP contribution in [0.3, 0.4) is 0 Å². The van der Waals surface area contributed by atoms with Gasteiger partial charge in [0.2, 0.25) is 0 Å². The van der Waals surface area contributed by atoms with E-state index in [4.69, 9.17) is 0 Å². The van der Waals surface area contributed by atoms with Gasteiger partial charge < -0.3 is 0 Å². The van der Waals surface area contributed by atoms with E-state index in [0.29, 0.717) is 21.7 Å². The highest BCUT2D eigenvalue weighted by atomic mass is 32.2. The number of hydrogen-bond acceptors (Lipinski definition) is 4. The normalized spacial score (nSPS) is 11.5. The van der Waals surface area contributed by atoms with Crippen molar-refractivity contribution in [2.24, 2.45) is 0 Å². The number of para-hydroxylation sites is 1. The number of rotatable bonds is 8. The zero-order chi connectivity index (χ0) is 21.8. The average molecular weight is 441 g/mol. The van der Waals surface area contributed by atoms with E-state index in [1.807, 2.05) is 30.3 Å². The number of halogens is 2. The van der Waals surface area contributed by atoms with E-state index >= 15 is 0 Å². The predicted octanol–water partition coefficient (Wildman–Crippen LogP) is 5.61. The van der Waals surface area contributed by atoms with E-state index in [9.17, 15) is 13.6 Å². The lowest BCUT2D eigenvalue weighted by Crippen LogP contribution is -2.21. The number of aryl methyl sites for hydroxylation is 1. The van der Waals surface area contributed by atoms with Crippen molar-refractivity contribution in [2.75, 3.05) is 0 Å². The van der Waals surface area contributed by atoms with Gasteiger partial charge in [-0.05, 0) is 42.7 Å². The molecule has 4 rings (SSSR count). The first kappa shape index (κ1) is 21.2. The van der Waals surface area contributed by atoms with E-state index in [0.717, 1.165) is 23.8 Å². The maximum Gasteiger partial charge on any atom is 0.319 e. The topological polar surface area (TPSA) is 52.7 Å². The van der Waals surface area contributed by atoms with Crippen LogP contribution in [0.2, 0.25) is 0 Å². The third-order valence-electron chi connectivity index (χ3n) is 5.05. The number of thioether (sulfide) groups is 1. The Balaban J connectivity index is 1.75. The molecule has 0 unspecified atom stereocenters. The maximum atomic E-state index is 13.3. The molecule has 0 bridgehead atoms. The van der Waals surface area contributed by atoms with E-state index < -0.39 is 6.55 Å². The molecule has 0 saturated heterocycles. The minimum absolute atomic E-state index is 0.163. The van der Waals surface area contributed by atoms with Crippen LogP contribution in [0.15, 0.2) is 70.9 Å². The fourth-order valence-electron chi connectivity index (χ4n) is 3.39. The minimum Gasteiger partial charge on any atom is -0.277 e. The summed E-state index contributed by atoms with van der Waals surface area (Å²) in [6.07, 6.45) is 5.80. The second kappa shape index (κ2) is 9.43. The number of aromatic nitrogens is 4. The Hall–Kier alpha value is -3.00. The smallest absolute Gasteiger partial charge is 0.277 e. The van der Waals surface area contributed by atoms with E-state index in [2.05, 4.69) is 16.9 Å². The summed E-state index contributed by atoms with van der Waals surface area (Å²) in [6, 6.07) is 15.0. The Morgan fingerprint density at radius 2 is 1.87 bits per heavy atom. The SMILES string of the molecule is CCCCc1ccc(-n2c(SCc3nccn3C(F)F)nc3ccccc3c2=O)cc1. The van der Waals surface area contributed by atoms with Crippen LogP contribution in [0.1, 0.15) is 37.7 Å². The van der Waals surface area contributed by atoms with Gasteiger partial charge in [0.15, 0.2) is 5.16 Å². The summed E-state index contributed by atoms with van der Waals surface area (Å²) in [5.74, 6) is 0.389. The molecule has 0 N–H and O–H groups in total. The molecule has 2 aromatic carbocycles. The molecule has 0 aliphatic heterocycles. The first-order valence-corrected chi connectivity index (χ1v) is 11.1. The van der Waals surface area contributed by atoms with Gasteiger partial charge in [-0.25, -0.2) is 9.97 Å². The zero-order valence-corrected chi connectivity index (χ0v) is 17.9. The number of unbranched alkanes of at least 4 members (excludes halogenated alkanes) is 1. The lowest BCUT2D eigenvalue weighted by Gasteiger charge is -2.14. The number of benzene rings is 2. The number of hydrogen-bond donors (Lipinski definition) is 0. The van der Waals surface area contributed by atoms with Crippen molar-refractivity contribution in [1.82, 2.24) is 19.1 Å². The molecule has 0 amide bonds. The predicted molar refractivity (Wildman–Crippen MR) is 119 cm³/mol. The molecule has 2 heterocycles. The van der Waals surface area contributed by atoms with Gasteiger partial charge in [-0.1, -0.05) is 49.4 Å². The summed E-state index contributed by atoms with van der Waals surface area (Å²) in [7, 11) is 0. The molecule has 2 aromatic heterocycles. The van der Waals surface area contributed by atoms with E-state index in [1.54, 1.807) is 22.8 Å². The zero-order valence-electron chi connectivity index (χ0n) is 17.0. The van der Waals surface area contributed by atoms with Gasteiger partial charge in [0.05, 0.1) is 22.3 Å². The highest BCUT2D eigenvalue weighted by Crippen LogP contribution is 2.26. The first-order chi connectivity index (χ1) is 15.1. The second-order valence-corrected chi connectivity index (χ2v) is 8.08. The molecule has 160 valence electrons. The summed E-state index contributed by atoms with van der Waals surface area (Å²) >= 11 is 1.21. The van der Waals surface area contributed by atoms with Crippen molar-refractivity contribution in [2.45, 2.75) is 43.6 Å². The van der Waals surface area contributed by atoms with Crippen LogP contribution < -0.4 is 5.56 Å². The fourth-order valence-corrected chi connectivity index (χ4v) is 4.35. The Kier molecular flexibility index (Phi) is 6.46. The van der Waals surface area contributed by atoms with Crippen molar-refractivity contribution in [3.05, 3.63) is 82.7 Å². The van der Waals surface area contributed by atoms with Gasteiger partial charge in [-0.2, -0.15) is 8.78 Å². The summed E-state index contributed by atoms with van der Waals surface area (Å²) in [5.41, 5.74) is 2.29. The Labute approximate surface area is 182 Å². The molecular weight excluding hydrogens is 418 g/mol. The second-order valence-electron chi connectivity index (χ2n) is 7.14. The van der Waals surface area contributed by atoms with Gasteiger partial charge in [0.25, 0.3) is 5.56 Å². The molecule has 0 saturated carbocycles. The third kappa shape index (κ3) is 4.54. The molecule has 8 heteroatoms. The monoisotopic (exact) mass is 440 g/mol. The van der Waals surface area contributed by atoms with E-state index in [1.165, 1.54) is 29.7 Å². The van der Waals surface area contributed by atoms with Gasteiger partial charge in [0, 0.05) is 12.4 Å². The first-order valence-electron chi connectivity index (χ1n) is 10.1. The van der Waals surface area contributed by atoms with Crippen LogP contribution in [0.5, 0.6) is 0 Å². The summed E-state index contributed by atoms with van der Waals surface area (Å²) in [4.78, 5) is 22.0. The molecule has 0 atom stereocenters. The minimum atomic E-state index is -2.67. The number of fused-ring (bicyclic) bond motifs is 1. The molecule has 0 aliphatic rings. The molecule has 0 spiro atoms. The lowest BCUT2D eigenvalue weighted by molar-refractivity contribution is 0.0678. The Morgan fingerprint density at radius 3 is 2.61 bits per heavy atom. The highest BCUT2D eigenvalue weighted by Gasteiger charge is 2.16. The average Bonchev–Trinajstić information content (AvgIpc) is 3.26. The number of nitrogens with zero attached hydrogens (tertiary/aromatic N) is 4. The number of imidazole rings is 1. The summed E-state index contributed by atoms with van der Waals surface area (Å²) in [6.45, 7) is -0.516. The van der Waals surface area contributed by atoms with Crippen LogP contribution in [-0.4, -0.2) is 19.1 Å². The fraction of sp³-hybridized carbons (Fsp3) is 0.261. The maximum absolute atomic E-state index is 13.3. The summed E-state index contributed by atoms with van der Waals surface area (Å²) < 4.78 is 28.7. The highest BCUT2D eigenvalue weighted by molar-refractivity contribution is 7.98. The van der Waals surface area contributed by atoms with Gasteiger partial charge in [-0.3, -0.25) is 13.9 Å². The summed E-state index contributed by atoms with van der Waals surface area (Å²) in [5, 5.41) is 0.949. The van der Waals surface area contributed by atoms with Crippen LogP contribution in [0.25, 0.3) is 16.6 Å².